The lowest BCUT2D eigenvalue weighted by atomic mass is 9.91. The summed E-state index contributed by atoms with van der Waals surface area (Å²) in [7, 11) is 1.62. The van der Waals surface area contributed by atoms with Crippen molar-refractivity contribution < 1.29 is 9.53 Å². The van der Waals surface area contributed by atoms with Crippen LogP contribution in [0.15, 0.2) is 36.4 Å². The van der Waals surface area contributed by atoms with Crippen molar-refractivity contribution in [3.8, 4) is 16.2 Å². The van der Waals surface area contributed by atoms with Crippen LogP contribution in [0.1, 0.15) is 29.4 Å². The Morgan fingerprint density at radius 2 is 1.96 bits per heavy atom. The standard InChI is InChI=1S/C19H24N2O2S/c1-13(20)14-8-10-21(11-9-14)19(22)18-16(23-2)12-17(24-18)15-6-4-3-5-7-15/h3-7,12-14H,8-11,20H2,1-2H3. The van der Waals surface area contributed by atoms with Crippen LogP contribution in [0.25, 0.3) is 10.4 Å². The molecule has 0 radical (unpaired) electrons. The lowest BCUT2D eigenvalue weighted by Gasteiger charge is -2.33. The van der Waals surface area contributed by atoms with Gasteiger partial charge in [0.05, 0.1) is 7.11 Å². The van der Waals surface area contributed by atoms with Crippen molar-refractivity contribution in [3.05, 3.63) is 41.3 Å². The highest BCUT2D eigenvalue weighted by molar-refractivity contribution is 7.17. The zero-order valence-electron chi connectivity index (χ0n) is 14.2. The summed E-state index contributed by atoms with van der Waals surface area (Å²) in [5, 5.41) is 0. The number of likely N-dealkylation sites (tertiary alicyclic amines) is 1. The molecule has 1 amide bonds. The molecule has 2 aromatic rings. The van der Waals surface area contributed by atoms with Gasteiger partial charge in [-0.25, -0.2) is 0 Å². The third-order valence-corrected chi connectivity index (χ3v) is 5.89. The fourth-order valence-corrected chi connectivity index (χ4v) is 4.29. The van der Waals surface area contributed by atoms with Crippen LogP contribution < -0.4 is 10.5 Å². The summed E-state index contributed by atoms with van der Waals surface area (Å²) in [6.07, 6.45) is 1.95. The fraction of sp³-hybridized carbons (Fsp3) is 0.421. The number of methoxy groups -OCH3 is 1. The Balaban J connectivity index is 1.79. The van der Waals surface area contributed by atoms with Gasteiger partial charge in [-0.15, -0.1) is 11.3 Å². The van der Waals surface area contributed by atoms with Gasteiger partial charge in [0.25, 0.3) is 5.91 Å². The molecule has 128 valence electrons. The number of thiophene rings is 1. The summed E-state index contributed by atoms with van der Waals surface area (Å²) >= 11 is 1.51. The van der Waals surface area contributed by atoms with Crippen molar-refractivity contribution in [2.45, 2.75) is 25.8 Å². The summed E-state index contributed by atoms with van der Waals surface area (Å²) in [5.41, 5.74) is 7.10. The first-order valence-electron chi connectivity index (χ1n) is 8.38. The normalized spacial score (nSPS) is 16.9. The number of rotatable bonds is 4. The van der Waals surface area contributed by atoms with Gasteiger partial charge in [-0.2, -0.15) is 0 Å². The molecule has 0 aliphatic carbocycles. The second-order valence-corrected chi connectivity index (χ2v) is 7.42. The van der Waals surface area contributed by atoms with E-state index in [2.05, 4.69) is 6.92 Å². The number of piperidine rings is 1. The number of carbonyl (C=O) groups excluding carboxylic acids is 1. The molecule has 0 spiro atoms. The summed E-state index contributed by atoms with van der Waals surface area (Å²) in [4.78, 5) is 16.6. The number of amides is 1. The largest absolute Gasteiger partial charge is 0.495 e. The molecule has 3 rings (SSSR count). The van der Waals surface area contributed by atoms with E-state index in [1.807, 2.05) is 41.3 Å². The summed E-state index contributed by atoms with van der Waals surface area (Å²) in [6.45, 7) is 3.59. The van der Waals surface area contributed by atoms with Gasteiger partial charge in [0.2, 0.25) is 0 Å². The summed E-state index contributed by atoms with van der Waals surface area (Å²) < 4.78 is 5.46. The molecule has 1 fully saturated rings. The number of carbonyl (C=O) groups is 1. The van der Waals surface area contributed by atoms with Gasteiger partial charge in [-0.05, 0) is 37.3 Å². The van der Waals surface area contributed by atoms with E-state index in [-0.39, 0.29) is 11.9 Å². The van der Waals surface area contributed by atoms with Crippen LogP contribution in [0.3, 0.4) is 0 Å². The summed E-state index contributed by atoms with van der Waals surface area (Å²) in [5.74, 6) is 1.25. The quantitative estimate of drug-likeness (QED) is 0.921. The Bertz CT molecular complexity index is 689. The van der Waals surface area contributed by atoms with Crippen LogP contribution in [0, 0.1) is 5.92 Å². The molecule has 5 heteroatoms. The van der Waals surface area contributed by atoms with Crippen LogP contribution in [0.2, 0.25) is 0 Å². The number of benzene rings is 1. The predicted molar refractivity (Wildman–Crippen MR) is 98.6 cm³/mol. The average Bonchev–Trinajstić information content (AvgIpc) is 3.06. The third kappa shape index (κ3) is 3.47. The van der Waals surface area contributed by atoms with E-state index in [9.17, 15) is 4.79 Å². The number of hydrogen-bond acceptors (Lipinski definition) is 4. The topological polar surface area (TPSA) is 55.6 Å². The van der Waals surface area contributed by atoms with Gasteiger partial charge in [0.1, 0.15) is 10.6 Å². The molecule has 1 aliphatic heterocycles. The van der Waals surface area contributed by atoms with Crippen LogP contribution >= 0.6 is 11.3 Å². The van der Waals surface area contributed by atoms with Crippen molar-refractivity contribution >= 4 is 17.2 Å². The predicted octanol–water partition coefficient (Wildman–Crippen LogP) is 3.62. The van der Waals surface area contributed by atoms with Crippen molar-refractivity contribution in [3.63, 3.8) is 0 Å². The molecule has 0 bridgehead atoms. The number of hydrogen-bond donors (Lipinski definition) is 1. The van der Waals surface area contributed by atoms with Gasteiger partial charge in [-0.3, -0.25) is 4.79 Å². The third-order valence-electron chi connectivity index (χ3n) is 4.74. The van der Waals surface area contributed by atoms with E-state index in [4.69, 9.17) is 10.5 Å². The lowest BCUT2D eigenvalue weighted by molar-refractivity contribution is 0.0683. The number of nitrogens with two attached hydrogens (primary N) is 1. The lowest BCUT2D eigenvalue weighted by Crippen LogP contribution is -2.42. The van der Waals surface area contributed by atoms with E-state index in [0.717, 1.165) is 36.4 Å². The highest BCUT2D eigenvalue weighted by atomic mass is 32.1. The van der Waals surface area contributed by atoms with Crippen LogP contribution in [0.5, 0.6) is 5.75 Å². The first kappa shape index (κ1) is 17.0. The van der Waals surface area contributed by atoms with Crippen molar-refractivity contribution in [1.29, 1.82) is 0 Å². The molecule has 2 N–H and O–H groups in total. The first-order chi connectivity index (χ1) is 11.6. The van der Waals surface area contributed by atoms with E-state index in [1.165, 1.54) is 11.3 Å². The zero-order chi connectivity index (χ0) is 17.1. The van der Waals surface area contributed by atoms with Gasteiger partial charge >= 0.3 is 0 Å². The molecular formula is C19H24N2O2S. The molecule has 2 heterocycles. The Kier molecular flexibility index (Phi) is 5.21. The molecule has 0 saturated carbocycles. The maximum Gasteiger partial charge on any atom is 0.267 e. The average molecular weight is 344 g/mol. The fourth-order valence-electron chi connectivity index (χ4n) is 3.19. The summed E-state index contributed by atoms with van der Waals surface area (Å²) in [6, 6.07) is 12.2. The molecule has 1 unspecified atom stereocenters. The number of nitrogens with zero attached hydrogens (tertiary/aromatic N) is 1. The van der Waals surface area contributed by atoms with Crippen molar-refractivity contribution in [1.82, 2.24) is 4.90 Å². The van der Waals surface area contributed by atoms with Crippen molar-refractivity contribution in [2.24, 2.45) is 11.7 Å². The molecule has 1 atom stereocenters. The molecule has 1 aromatic carbocycles. The van der Waals surface area contributed by atoms with E-state index in [0.29, 0.717) is 16.5 Å². The van der Waals surface area contributed by atoms with Crippen LogP contribution in [-0.2, 0) is 0 Å². The minimum atomic E-state index is 0.0714. The highest BCUT2D eigenvalue weighted by Gasteiger charge is 2.28. The molecule has 24 heavy (non-hydrogen) atoms. The Morgan fingerprint density at radius 1 is 1.29 bits per heavy atom. The zero-order valence-corrected chi connectivity index (χ0v) is 15.0. The van der Waals surface area contributed by atoms with Gasteiger partial charge in [0, 0.05) is 24.0 Å². The SMILES string of the molecule is COc1cc(-c2ccccc2)sc1C(=O)N1CCC(C(C)N)CC1. The van der Waals surface area contributed by atoms with E-state index >= 15 is 0 Å². The van der Waals surface area contributed by atoms with Crippen molar-refractivity contribution in [2.75, 3.05) is 20.2 Å². The molecular weight excluding hydrogens is 320 g/mol. The minimum absolute atomic E-state index is 0.0714. The van der Waals surface area contributed by atoms with E-state index in [1.54, 1.807) is 7.11 Å². The maximum absolute atomic E-state index is 12.9. The van der Waals surface area contributed by atoms with Gasteiger partial charge in [0.15, 0.2) is 0 Å². The molecule has 1 aliphatic rings. The van der Waals surface area contributed by atoms with Crippen LogP contribution in [0.4, 0.5) is 0 Å². The second-order valence-electron chi connectivity index (χ2n) is 6.36. The first-order valence-corrected chi connectivity index (χ1v) is 9.20. The Labute approximate surface area is 147 Å². The molecule has 4 nitrogen and oxygen atoms in total. The molecule has 1 saturated heterocycles. The molecule has 1 aromatic heterocycles. The number of ether oxygens (including phenoxy) is 1. The Morgan fingerprint density at radius 3 is 2.54 bits per heavy atom. The van der Waals surface area contributed by atoms with Crippen LogP contribution in [-0.4, -0.2) is 37.0 Å². The maximum atomic E-state index is 12.9. The van der Waals surface area contributed by atoms with E-state index < -0.39 is 0 Å². The monoisotopic (exact) mass is 344 g/mol. The smallest absolute Gasteiger partial charge is 0.267 e. The Hall–Kier alpha value is -1.85. The van der Waals surface area contributed by atoms with Gasteiger partial charge < -0.3 is 15.4 Å². The highest BCUT2D eigenvalue weighted by Crippen LogP contribution is 2.37. The minimum Gasteiger partial charge on any atom is -0.495 e. The second kappa shape index (κ2) is 7.36. The van der Waals surface area contributed by atoms with Gasteiger partial charge in [-0.1, -0.05) is 30.3 Å².